The van der Waals surface area contributed by atoms with Crippen LogP contribution in [-0.2, 0) is 16.6 Å². The molecule has 4 nitrogen and oxygen atoms in total. The first-order valence-corrected chi connectivity index (χ1v) is 12.4. The lowest BCUT2D eigenvalue weighted by Gasteiger charge is -2.59. The summed E-state index contributed by atoms with van der Waals surface area (Å²) < 4.78 is 21.6. The van der Waals surface area contributed by atoms with Gasteiger partial charge in [-0.2, -0.15) is 0 Å². The fraction of sp³-hybridized carbons (Fsp3) is 0.481. The normalized spacial score (nSPS) is 30.4. The van der Waals surface area contributed by atoms with Crippen molar-refractivity contribution < 1.29 is 14.2 Å². The summed E-state index contributed by atoms with van der Waals surface area (Å²) in [6.07, 6.45) is 4.10. The maximum absolute atomic E-state index is 13.9. The number of piperidine rings is 2. The number of hydrogen-bond donors (Lipinski definition) is 1. The summed E-state index contributed by atoms with van der Waals surface area (Å²) in [6, 6.07) is 13.1. The summed E-state index contributed by atoms with van der Waals surface area (Å²) in [5.41, 5.74) is 4.12. The molecule has 4 heterocycles. The highest BCUT2D eigenvalue weighted by Gasteiger charge is 2.58. The summed E-state index contributed by atoms with van der Waals surface area (Å²) in [5, 5.41) is 13.0. The second-order valence-electron chi connectivity index (χ2n) is 10.2. The van der Waals surface area contributed by atoms with Crippen LogP contribution in [0.1, 0.15) is 30.5 Å². The molecule has 0 spiro atoms. The Hall–Kier alpha value is -1.92. The molecule has 1 saturated carbocycles. The zero-order valence-corrected chi connectivity index (χ0v) is 19.7. The van der Waals surface area contributed by atoms with E-state index in [4.69, 9.17) is 16.3 Å². The van der Waals surface area contributed by atoms with E-state index in [9.17, 15) is 9.50 Å². The average Bonchev–Trinajstić information content (AvgIpc) is 3.10. The Morgan fingerprint density at radius 2 is 2.03 bits per heavy atom. The van der Waals surface area contributed by atoms with Gasteiger partial charge in [-0.3, -0.25) is 4.90 Å². The van der Waals surface area contributed by atoms with Crippen LogP contribution in [0.15, 0.2) is 42.5 Å². The van der Waals surface area contributed by atoms with Gasteiger partial charge in [0, 0.05) is 54.6 Å². The van der Waals surface area contributed by atoms with Gasteiger partial charge in [-0.05, 0) is 85.5 Å². The molecule has 3 aliphatic heterocycles. The highest BCUT2D eigenvalue weighted by atomic mass is 35.5. The molecule has 1 N–H and O–H groups in total. The number of aliphatic hydroxyl groups is 1. The number of nitrogens with zero attached hydrogens (tertiary/aromatic N) is 2. The van der Waals surface area contributed by atoms with E-state index in [0.717, 1.165) is 55.5 Å². The number of aliphatic hydroxyl groups excluding tert-OH is 1. The Kier molecular flexibility index (Phi) is 5.29. The summed E-state index contributed by atoms with van der Waals surface area (Å²) in [4.78, 5) is 2.64. The number of aromatic nitrogens is 1. The van der Waals surface area contributed by atoms with E-state index >= 15 is 0 Å². The van der Waals surface area contributed by atoms with Crippen molar-refractivity contribution in [1.29, 1.82) is 0 Å². The molecule has 5 atom stereocenters. The Balaban J connectivity index is 1.64. The van der Waals surface area contributed by atoms with E-state index in [-0.39, 0.29) is 23.9 Å². The molecule has 2 saturated heterocycles. The second kappa shape index (κ2) is 8.09. The van der Waals surface area contributed by atoms with Gasteiger partial charge in [0.05, 0.1) is 17.5 Å². The number of halogens is 2. The molecule has 2 aromatic carbocycles. The van der Waals surface area contributed by atoms with Crippen molar-refractivity contribution in [3.63, 3.8) is 0 Å². The maximum Gasteiger partial charge on any atom is 0.123 e. The lowest BCUT2D eigenvalue weighted by Crippen LogP contribution is -2.66. The van der Waals surface area contributed by atoms with Crippen molar-refractivity contribution in [3.05, 3.63) is 64.6 Å². The molecule has 33 heavy (non-hydrogen) atoms. The third-order valence-corrected chi connectivity index (χ3v) is 8.64. The van der Waals surface area contributed by atoms with Gasteiger partial charge in [0.25, 0.3) is 0 Å². The largest absolute Gasteiger partial charge is 0.395 e. The molecule has 7 rings (SSSR count). The molecule has 3 fully saturated rings. The Morgan fingerprint density at radius 1 is 1.21 bits per heavy atom. The molecule has 0 amide bonds. The zero-order chi connectivity index (χ0) is 22.7. The van der Waals surface area contributed by atoms with Gasteiger partial charge < -0.3 is 14.4 Å². The monoisotopic (exact) mass is 468 g/mol. The lowest BCUT2D eigenvalue weighted by atomic mass is 9.56. The zero-order valence-electron chi connectivity index (χ0n) is 18.9. The standard InChI is InChI=1S/C27H30ClFN2O2/c1-33-11-9-18-12-17-14-27(16-32)25(18)30(15-17)10-8-22-23-13-19(28)2-7-24(23)31(26(22)27)21-5-3-20(29)4-6-21/h2-7,13,17-18,25,32H,8-12,14-16H2,1H3. The van der Waals surface area contributed by atoms with Crippen LogP contribution in [0.2, 0.25) is 5.02 Å². The fourth-order valence-electron chi connectivity index (χ4n) is 7.42. The van der Waals surface area contributed by atoms with E-state index < -0.39 is 0 Å². The fourth-order valence-corrected chi connectivity index (χ4v) is 7.59. The molecule has 1 aliphatic carbocycles. The predicted octanol–water partition coefficient (Wildman–Crippen LogP) is 4.96. The van der Waals surface area contributed by atoms with Gasteiger partial charge >= 0.3 is 0 Å². The minimum Gasteiger partial charge on any atom is -0.395 e. The molecule has 0 radical (unpaired) electrons. The van der Waals surface area contributed by atoms with Crippen molar-refractivity contribution in [3.8, 4) is 5.69 Å². The van der Waals surface area contributed by atoms with Crippen LogP contribution in [0.25, 0.3) is 16.6 Å². The molecule has 6 heteroatoms. The average molecular weight is 469 g/mol. The maximum atomic E-state index is 13.9. The second-order valence-corrected chi connectivity index (χ2v) is 10.6. The van der Waals surface area contributed by atoms with Crippen LogP contribution in [0.3, 0.4) is 0 Å². The van der Waals surface area contributed by atoms with Gasteiger partial charge in [0.1, 0.15) is 5.82 Å². The van der Waals surface area contributed by atoms with E-state index in [1.807, 2.05) is 18.2 Å². The van der Waals surface area contributed by atoms with E-state index in [1.54, 1.807) is 7.11 Å². The van der Waals surface area contributed by atoms with Gasteiger partial charge in [0.2, 0.25) is 0 Å². The van der Waals surface area contributed by atoms with Gasteiger partial charge in [0.15, 0.2) is 0 Å². The molecular formula is C27H30ClFN2O2. The third kappa shape index (κ3) is 3.20. The van der Waals surface area contributed by atoms with E-state index in [1.165, 1.54) is 29.8 Å². The van der Waals surface area contributed by atoms with Crippen LogP contribution < -0.4 is 0 Å². The minimum atomic E-state index is -0.370. The minimum absolute atomic E-state index is 0.104. The molecule has 174 valence electrons. The first-order chi connectivity index (χ1) is 16.1. The quantitative estimate of drug-likeness (QED) is 0.575. The highest BCUT2D eigenvalue weighted by Crippen LogP contribution is 2.56. The molecular weight excluding hydrogens is 439 g/mol. The summed E-state index contributed by atoms with van der Waals surface area (Å²) in [7, 11) is 1.77. The van der Waals surface area contributed by atoms with Crippen LogP contribution >= 0.6 is 11.6 Å². The van der Waals surface area contributed by atoms with Crippen molar-refractivity contribution in [2.45, 2.75) is 37.1 Å². The Bertz CT molecular complexity index is 1190. The highest BCUT2D eigenvalue weighted by molar-refractivity contribution is 6.31. The Morgan fingerprint density at radius 3 is 2.79 bits per heavy atom. The third-order valence-electron chi connectivity index (χ3n) is 8.40. The number of benzene rings is 2. The first-order valence-electron chi connectivity index (χ1n) is 12.0. The van der Waals surface area contributed by atoms with Crippen LogP contribution in [0.5, 0.6) is 0 Å². The molecule has 4 bridgehead atoms. The van der Waals surface area contributed by atoms with Crippen LogP contribution in [-0.4, -0.2) is 54.0 Å². The first kappa shape index (κ1) is 21.6. The molecule has 3 aromatic rings. The summed E-state index contributed by atoms with van der Waals surface area (Å²) in [5.74, 6) is 0.792. The molecule has 4 aliphatic rings. The number of methoxy groups -OCH3 is 1. The van der Waals surface area contributed by atoms with Crippen molar-refractivity contribution in [2.75, 3.05) is 33.4 Å². The predicted molar refractivity (Wildman–Crippen MR) is 129 cm³/mol. The smallest absolute Gasteiger partial charge is 0.123 e. The van der Waals surface area contributed by atoms with Gasteiger partial charge in [-0.15, -0.1) is 0 Å². The molecule has 5 unspecified atom stereocenters. The topological polar surface area (TPSA) is 37.6 Å². The van der Waals surface area contributed by atoms with E-state index in [0.29, 0.717) is 16.9 Å². The molecule has 1 aromatic heterocycles. The van der Waals surface area contributed by atoms with Crippen molar-refractivity contribution in [1.82, 2.24) is 9.47 Å². The van der Waals surface area contributed by atoms with E-state index in [2.05, 4.69) is 21.6 Å². The van der Waals surface area contributed by atoms with Crippen LogP contribution in [0, 0.1) is 17.7 Å². The number of fused-ring (bicyclic) bond motifs is 4. The van der Waals surface area contributed by atoms with Gasteiger partial charge in [-0.1, -0.05) is 11.6 Å². The van der Waals surface area contributed by atoms with Crippen molar-refractivity contribution in [2.24, 2.45) is 11.8 Å². The number of rotatable bonds is 5. The van der Waals surface area contributed by atoms with Crippen LogP contribution in [0.4, 0.5) is 4.39 Å². The summed E-state index contributed by atoms with van der Waals surface area (Å²) >= 11 is 6.47. The summed E-state index contributed by atoms with van der Waals surface area (Å²) in [6.45, 7) is 2.93. The number of ether oxygens (including phenoxy) is 1. The number of hydrogen-bond acceptors (Lipinski definition) is 3. The van der Waals surface area contributed by atoms with Gasteiger partial charge in [-0.25, -0.2) is 4.39 Å². The van der Waals surface area contributed by atoms with Crippen molar-refractivity contribution >= 4 is 22.5 Å². The lowest BCUT2D eigenvalue weighted by molar-refractivity contribution is -0.0832. The Labute approximate surface area is 198 Å². The SMILES string of the molecule is COCCC1CC2CN3CCc4c(n(-c5ccc(F)cc5)c5ccc(Cl)cc45)C(CO)(C2)C13.